The van der Waals surface area contributed by atoms with Crippen LogP contribution in [0.1, 0.15) is 25.3 Å². The van der Waals surface area contributed by atoms with Crippen molar-refractivity contribution < 1.29 is 0 Å². The Morgan fingerprint density at radius 1 is 1.10 bits per heavy atom. The molecular formula is C15H16N4S. The number of thiophene rings is 1. The minimum Gasteiger partial charge on any atom is -0.308 e. The van der Waals surface area contributed by atoms with Crippen LogP contribution in [0.2, 0.25) is 0 Å². The second kappa shape index (κ2) is 5.19. The Kier molecular flexibility index (Phi) is 3.38. The van der Waals surface area contributed by atoms with Crippen molar-refractivity contribution in [3.8, 4) is 11.4 Å². The fourth-order valence-corrected chi connectivity index (χ4v) is 2.88. The van der Waals surface area contributed by atoms with E-state index in [4.69, 9.17) is 5.84 Å². The van der Waals surface area contributed by atoms with Crippen LogP contribution in [-0.2, 0) is 0 Å². The van der Waals surface area contributed by atoms with Crippen molar-refractivity contribution in [1.82, 2.24) is 9.97 Å². The Bertz CT molecular complexity index is 731. The van der Waals surface area contributed by atoms with E-state index in [0.717, 1.165) is 15.8 Å². The van der Waals surface area contributed by atoms with Crippen LogP contribution in [0, 0.1) is 0 Å². The van der Waals surface area contributed by atoms with Gasteiger partial charge >= 0.3 is 0 Å². The molecule has 0 fully saturated rings. The zero-order valence-corrected chi connectivity index (χ0v) is 12.2. The number of hydrogen-bond acceptors (Lipinski definition) is 5. The second-order valence-corrected chi connectivity index (χ2v) is 5.85. The molecule has 0 saturated carbocycles. The highest BCUT2D eigenvalue weighted by Gasteiger charge is 2.10. The Morgan fingerprint density at radius 3 is 2.50 bits per heavy atom. The van der Waals surface area contributed by atoms with Gasteiger partial charge in [0, 0.05) is 5.56 Å². The lowest BCUT2D eigenvalue weighted by Gasteiger charge is -2.08. The van der Waals surface area contributed by atoms with E-state index < -0.39 is 0 Å². The van der Waals surface area contributed by atoms with Crippen molar-refractivity contribution in [2.75, 3.05) is 5.43 Å². The van der Waals surface area contributed by atoms with E-state index in [9.17, 15) is 0 Å². The third-order valence-electron chi connectivity index (χ3n) is 3.30. The van der Waals surface area contributed by atoms with Gasteiger partial charge in [0.25, 0.3) is 0 Å². The Morgan fingerprint density at radius 2 is 1.85 bits per heavy atom. The van der Waals surface area contributed by atoms with Crippen LogP contribution < -0.4 is 11.3 Å². The number of hydrogen-bond donors (Lipinski definition) is 2. The number of rotatable bonds is 3. The van der Waals surface area contributed by atoms with Crippen LogP contribution in [0.5, 0.6) is 0 Å². The molecule has 3 rings (SSSR count). The highest BCUT2D eigenvalue weighted by molar-refractivity contribution is 7.16. The van der Waals surface area contributed by atoms with Crippen LogP contribution in [0.3, 0.4) is 0 Å². The molecule has 1 aromatic carbocycles. The lowest BCUT2D eigenvalue weighted by molar-refractivity contribution is 0.867. The second-order valence-electron chi connectivity index (χ2n) is 4.96. The largest absolute Gasteiger partial charge is 0.308 e. The van der Waals surface area contributed by atoms with Gasteiger partial charge in [-0.15, -0.1) is 11.3 Å². The fourth-order valence-electron chi connectivity index (χ4n) is 2.11. The summed E-state index contributed by atoms with van der Waals surface area (Å²) in [7, 11) is 0. The van der Waals surface area contributed by atoms with E-state index in [0.29, 0.717) is 17.6 Å². The zero-order chi connectivity index (χ0) is 14.1. The summed E-state index contributed by atoms with van der Waals surface area (Å²) >= 11 is 1.59. The van der Waals surface area contributed by atoms with Crippen molar-refractivity contribution in [2.24, 2.45) is 5.84 Å². The molecule has 0 spiro atoms. The molecule has 0 aliphatic carbocycles. The number of nitrogens with zero attached hydrogens (tertiary/aromatic N) is 2. The summed E-state index contributed by atoms with van der Waals surface area (Å²) in [5.41, 5.74) is 4.96. The maximum Gasteiger partial charge on any atom is 0.163 e. The average Bonchev–Trinajstić information content (AvgIpc) is 2.94. The topological polar surface area (TPSA) is 63.8 Å². The molecule has 2 aromatic heterocycles. The monoisotopic (exact) mass is 284 g/mol. The molecular weight excluding hydrogens is 268 g/mol. The number of nitrogens with two attached hydrogens (primary N) is 1. The highest BCUT2D eigenvalue weighted by Crippen LogP contribution is 2.28. The molecule has 0 saturated heterocycles. The van der Waals surface area contributed by atoms with E-state index in [1.165, 1.54) is 5.56 Å². The summed E-state index contributed by atoms with van der Waals surface area (Å²) in [6.07, 6.45) is 0. The van der Waals surface area contributed by atoms with Crippen molar-refractivity contribution in [2.45, 2.75) is 19.8 Å². The van der Waals surface area contributed by atoms with Gasteiger partial charge in [-0.2, -0.15) is 0 Å². The van der Waals surface area contributed by atoms with Gasteiger partial charge < -0.3 is 5.43 Å². The van der Waals surface area contributed by atoms with Crippen LogP contribution in [0.15, 0.2) is 35.7 Å². The first kappa shape index (κ1) is 13.0. The van der Waals surface area contributed by atoms with Gasteiger partial charge in [-0.05, 0) is 22.9 Å². The lowest BCUT2D eigenvalue weighted by Crippen LogP contribution is -2.09. The minimum atomic E-state index is 0.519. The van der Waals surface area contributed by atoms with Gasteiger partial charge in [0.1, 0.15) is 4.83 Å². The molecule has 0 aliphatic heterocycles. The number of anilines is 1. The van der Waals surface area contributed by atoms with Gasteiger partial charge in [-0.25, -0.2) is 15.8 Å². The SMILES string of the molecule is CC(C)c1ccc(-c2nc(NN)c3ccsc3n2)cc1. The molecule has 3 aromatic rings. The normalized spacial score (nSPS) is 11.2. The molecule has 5 heteroatoms. The Balaban J connectivity index is 2.09. The standard InChI is InChI=1S/C15H16N4S/c1-9(2)10-3-5-11(6-4-10)13-17-14(19-16)12-7-8-20-15(12)18-13/h3-9H,16H2,1-2H3,(H,17,18,19). The highest BCUT2D eigenvalue weighted by atomic mass is 32.1. The quantitative estimate of drug-likeness (QED) is 0.567. The van der Waals surface area contributed by atoms with Crippen molar-refractivity contribution in [1.29, 1.82) is 0 Å². The van der Waals surface area contributed by atoms with E-state index in [2.05, 4.69) is 53.5 Å². The summed E-state index contributed by atoms with van der Waals surface area (Å²) in [5.74, 6) is 7.43. The van der Waals surface area contributed by atoms with Crippen molar-refractivity contribution in [3.63, 3.8) is 0 Å². The lowest BCUT2D eigenvalue weighted by atomic mass is 10.0. The first-order valence-corrected chi connectivity index (χ1v) is 7.39. The van der Waals surface area contributed by atoms with Gasteiger partial charge in [0.15, 0.2) is 11.6 Å². The molecule has 2 heterocycles. The molecule has 102 valence electrons. The summed E-state index contributed by atoms with van der Waals surface area (Å²) in [6, 6.07) is 10.3. The Labute approximate surface area is 121 Å². The molecule has 20 heavy (non-hydrogen) atoms. The molecule has 0 bridgehead atoms. The smallest absolute Gasteiger partial charge is 0.163 e. The third-order valence-corrected chi connectivity index (χ3v) is 4.10. The molecule has 4 nitrogen and oxygen atoms in total. The number of aromatic nitrogens is 2. The number of hydrazine groups is 1. The molecule has 3 N–H and O–H groups in total. The average molecular weight is 284 g/mol. The number of nitrogens with one attached hydrogen (secondary N) is 1. The van der Waals surface area contributed by atoms with Crippen LogP contribution in [0.4, 0.5) is 5.82 Å². The molecule has 0 unspecified atom stereocenters. The fraction of sp³-hybridized carbons (Fsp3) is 0.200. The van der Waals surface area contributed by atoms with E-state index >= 15 is 0 Å². The molecule has 0 aliphatic rings. The van der Waals surface area contributed by atoms with Gasteiger partial charge in [-0.1, -0.05) is 38.1 Å². The molecule has 0 radical (unpaired) electrons. The number of fused-ring (bicyclic) bond motifs is 1. The first-order chi connectivity index (χ1) is 9.69. The predicted molar refractivity (Wildman–Crippen MR) is 84.8 cm³/mol. The van der Waals surface area contributed by atoms with Crippen LogP contribution >= 0.6 is 11.3 Å². The first-order valence-electron chi connectivity index (χ1n) is 6.51. The maximum atomic E-state index is 5.55. The van der Waals surface area contributed by atoms with Crippen LogP contribution in [0.25, 0.3) is 21.6 Å². The summed E-state index contributed by atoms with van der Waals surface area (Å²) in [6.45, 7) is 4.36. The van der Waals surface area contributed by atoms with E-state index in [1.807, 2.05) is 11.4 Å². The minimum absolute atomic E-state index is 0.519. The van der Waals surface area contributed by atoms with Gasteiger partial charge in [0.05, 0.1) is 5.39 Å². The van der Waals surface area contributed by atoms with Gasteiger partial charge in [0.2, 0.25) is 0 Å². The summed E-state index contributed by atoms with van der Waals surface area (Å²) < 4.78 is 0. The molecule has 0 amide bonds. The maximum absolute atomic E-state index is 5.55. The van der Waals surface area contributed by atoms with Crippen LogP contribution in [-0.4, -0.2) is 9.97 Å². The van der Waals surface area contributed by atoms with E-state index in [-0.39, 0.29) is 0 Å². The third kappa shape index (κ3) is 2.26. The zero-order valence-electron chi connectivity index (χ0n) is 11.4. The summed E-state index contributed by atoms with van der Waals surface area (Å²) in [5, 5.41) is 2.95. The van der Waals surface area contributed by atoms with Crippen molar-refractivity contribution in [3.05, 3.63) is 41.3 Å². The predicted octanol–water partition coefficient (Wildman–Crippen LogP) is 3.77. The van der Waals surface area contributed by atoms with Crippen molar-refractivity contribution >= 4 is 27.4 Å². The number of nitrogen functional groups attached to an aromatic ring is 1. The van der Waals surface area contributed by atoms with Gasteiger partial charge in [-0.3, -0.25) is 0 Å². The Hall–Kier alpha value is -1.98. The van der Waals surface area contributed by atoms with E-state index in [1.54, 1.807) is 11.3 Å². The molecule has 0 atom stereocenters. The number of benzene rings is 1. The summed E-state index contributed by atoms with van der Waals surface area (Å²) in [4.78, 5) is 10.0.